The quantitative estimate of drug-likeness (QED) is 0.654. The molecular formula is C11H7NOS. The molecule has 0 amide bonds. The van der Waals surface area contributed by atoms with E-state index >= 15 is 0 Å². The molecule has 1 aromatic carbocycles. The average molecular weight is 201 g/mol. The van der Waals surface area contributed by atoms with Gasteiger partial charge in [0, 0.05) is 17.0 Å². The van der Waals surface area contributed by atoms with Crippen molar-refractivity contribution in [1.82, 2.24) is 4.98 Å². The van der Waals surface area contributed by atoms with Gasteiger partial charge in [-0.3, -0.25) is 4.98 Å². The van der Waals surface area contributed by atoms with Crippen LogP contribution in [0.4, 0.5) is 0 Å². The first-order valence-electron chi connectivity index (χ1n) is 4.32. The Bertz CT molecular complexity index is 575. The smallest absolute Gasteiger partial charge is 0.0783 e. The number of pyridine rings is 1. The van der Waals surface area contributed by atoms with Crippen LogP contribution in [0.1, 0.15) is 5.56 Å². The Hall–Kier alpha value is -1.48. The number of aromatic nitrogens is 1. The van der Waals surface area contributed by atoms with Crippen LogP contribution in [0.2, 0.25) is 0 Å². The highest BCUT2D eigenvalue weighted by atomic mass is 32.2. The Morgan fingerprint density at radius 2 is 2.21 bits per heavy atom. The van der Waals surface area contributed by atoms with E-state index in [-0.39, 0.29) is 0 Å². The van der Waals surface area contributed by atoms with Crippen LogP contribution in [-0.4, -0.2) is 9.19 Å². The van der Waals surface area contributed by atoms with E-state index in [1.54, 1.807) is 11.6 Å². The number of rotatable bonds is 0. The zero-order valence-electron chi connectivity index (χ0n) is 7.31. The molecule has 0 bridgehead atoms. The highest BCUT2D eigenvalue weighted by Gasteiger charge is 2.13. The molecule has 2 aromatic rings. The summed E-state index contributed by atoms with van der Waals surface area (Å²) in [4.78, 5) is 5.10. The summed E-state index contributed by atoms with van der Waals surface area (Å²) < 4.78 is 11.5. The number of nitrogens with zero attached hydrogens (tertiary/aromatic N) is 1. The van der Waals surface area contributed by atoms with Crippen LogP contribution in [0.5, 0.6) is 0 Å². The minimum atomic E-state index is -0.974. The lowest BCUT2D eigenvalue weighted by Gasteiger charge is -2.00. The van der Waals surface area contributed by atoms with Gasteiger partial charge in [-0.2, -0.15) is 0 Å². The normalized spacial score (nSPS) is 18.7. The Balaban J connectivity index is 2.42. The molecule has 14 heavy (non-hydrogen) atoms. The van der Waals surface area contributed by atoms with Crippen LogP contribution in [-0.2, 0) is 10.8 Å². The maximum atomic E-state index is 11.5. The number of fused-ring (bicyclic) bond motifs is 2. The van der Waals surface area contributed by atoms with Gasteiger partial charge in [0.05, 0.1) is 21.2 Å². The molecule has 0 aliphatic carbocycles. The van der Waals surface area contributed by atoms with E-state index in [2.05, 4.69) is 4.98 Å². The highest BCUT2D eigenvalue weighted by Crippen LogP contribution is 2.27. The molecule has 1 atom stereocenters. The maximum Gasteiger partial charge on any atom is 0.0783 e. The summed E-state index contributed by atoms with van der Waals surface area (Å²) >= 11 is 0. The summed E-state index contributed by atoms with van der Waals surface area (Å²) in [7, 11) is -0.974. The lowest BCUT2D eigenvalue weighted by molar-refractivity contribution is 0.689. The Kier molecular flexibility index (Phi) is 1.55. The molecule has 0 N–H and O–H groups in total. The van der Waals surface area contributed by atoms with E-state index in [1.165, 1.54) is 0 Å². The fourth-order valence-electron chi connectivity index (χ4n) is 1.63. The average Bonchev–Trinajstić information content (AvgIpc) is 2.57. The van der Waals surface area contributed by atoms with Crippen molar-refractivity contribution in [2.24, 2.45) is 0 Å². The van der Waals surface area contributed by atoms with Gasteiger partial charge in [-0.05, 0) is 29.8 Å². The summed E-state index contributed by atoms with van der Waals surface area (Å²) in [6, 6.07) is 7.85. The zero-order valence-corrected chi connectivity index (χ0v) is 8.12. The summed E-state index contributed by atoms with van der Waals surface area (Å²) in [6.45, 7) is 0. The molecule has 1 aromatic heterocycles. The first-order chi connectivity index (χ1) is 6.84. The van der Waals surface area contributed by atoms with E-state index in [1.807, 2.05) is 30.3 Å². The van der Waals surface area contributed by atoms with Gasteiger partial charge in [-0.1, -0.05) is 6.07 Å². The monoisotopic (exact) mass is 201 g/mol. The molecule has 0 radical (unpaired) electrons. The third-order valence-electron chi connectivity index (χ3n) is 2.32. The fraction of sp³-hybridized carbons (Fsp3) is 0. The van der Waals surface area contributed by atoms with Crippen LogP contribution in [0, 0.1) is 0 Å². The first-order valence-corrected chi connectivity index (χ1v) is 5.53. The van der Waals surface area contributed by atoms with Crippen LogP contribution in [0.25, 0.3) is 17.0 Å². The van der Waals surface area contributed by atoms with Gasteiger partial charge in [0.15, 0.2) is 0 Å². The van der Waals surface area contributed by atoms with Crippen molar-refractivity contribution >= 4 is 27.8 Å². The Morgan fingerprint density at radius 3 is 3.14 bits per heavy atom. The SMILES string of the molecule is O=S1C=Cc2cc3cccnc3cc21. The molecular weight excluding hydrogens is 194 g/mol. The summed E-state index contributed by atoms with van der Waals surface area (Å²) in [6.07, 6.45) is 3.65. The van der Waals surface area contributed by atoms with Crippen molar-refractivity contribution in [3.05, 3.63) is 41.4 Å². The van der Waals surface area contributed by atoms with E-state index in [0.717, 1.165) is 21.4 Å². The van der Waals surface area contributed by atoms with Crippen LogP contribution < -0.4 is 0 Å². The molecule has 0 spiro atoms. The molecule has 2 nitrogen and oxygen atoms in total. The van der Waals surface area contributed by atoms with E-state index in [0.29, 0.717) is 0 Å². The summed E-state index contributed by atoms with van der Waals surface area (Å²) in [5.41, 5.74) is 1.95. The van der Waals surface area contributed by atoms with Gasteiger partial charge in [-0.15, -0.1) is 0 Å². The van der Waals surface area contributed by atoms with Gasteiger partial charge in [-0.25, -0.2) is 4.21 Å². The van der Waals surface area contributed by atoms with Gasteiger partial charge >= 0.3 is 0 Å². The molecule has 0 saturated carbocycles. The summed E-state index contributed by atoms with van der Waals surface area (Å²) in [5.74, 6) is 0. The fourth-order valence-corrected chi connectivity index (χ4v) is 2.64. The number of benzene rings is 1. The third kappa shape index (κ3) is 1.02. The second kappa shape index (κ2) is 2.75. The molecule has 3 heteroatoms. The largest absolute Gasteiger partial charge is 0.256 e. The van der Waals surface area contributed by atoms with Crippen molar-refractivity contribution in [2.45, 2.75) is 4.90 Å². The second-order valence-corrected chi connectivity index (χ2v) is 4.49. The Morgan fingerprint density at radius 1 is 1.29 bits per heavy atom. The molecule has 1 unspecified atom stereocenters. The predicted octanol–water partition coefficient (Wildman–Crippen LogP) is 2.33. The predicted molar refractivity (Wildman–Crippen MR) is 57.2 cm³/mol. The van der Waals surface area contributed by atoms with Gasteiger partial charge < -0.3 is 0 Å². The standard InChI is InChI=1S/C11H7NOS/c13-14-5-3-9-6-8-2-1-4-12-10(8)7-11(9)14/h1-7H. The van der Waals surface area contributed by atoms with Crippen LogP contribution in [0.15, 0.2) is 40.8 Å². The molecule has 0 fully saturated rings. The minimum absolute atomic E-state index is 0.871. The summed E-state index contributed by atoms with van der Waals surface area (Å²) in [5, 5.41) is 2.80. The topological polar surface area (TPSA) is 30.0 Å². The second-order valence-electron chi connectivity index (χ2n) is 3.19. The van der Waals surface area contributed by atoms with Crippen molar-refractivity contribution in [1.29, 1.82) is 0 Å². The first kappa shape index (κ1) is 7.88. The maximum absolute atomic E-state index is 11.5. The number of hydrogen-bond acceptors (Lipinski definition) is 2. The minimum Gasteiger partial charge on any atom is -0.256 e. The lowest BCUT2D eigenvalue weighted by atomic mass is 10.1. The molecule has 1 aliphatic rings. The molecule has 0 saturated heterocycles. The van der Waals surface area contributed by atoms with Crippen LogP contribution in [0.3, 0.4) is 0 Å². The van der Waals surface area contributed by atoms with E-state index < -0.39 is 10.8 Å². The van der Waals surface area contributed by atoms with Crippen molar-refractivity contribution in [3.8, 4) is 0 Å². The zero-order chi connectivity index (χ0) is 9.54. The van der Waals surface area contributed by atoms with Gasteiger partial charge in [0.2, 0.25) is 0 Å². The van der Waals surface area contributed by atoms with Crippen molar-refractivity contribution < 1.29 is 4.21 Å². The lowest BCUT2D eigenvalue weighted by Crippen LogP contribution is -1.86. The van der Waals surface area contributed by atoms with Crippen LogP contribution >= 0.6 is 0 Å². The van der Waals surface area contributed by atoms with Crippen molar-refractivity contribution in [3.63, 3.8) is 0 Å². The highest BCUT2D eigenvalue weighted by molar-refractivity contribution is 7.88. The van der Waals surface area contributed by atoms with E-state index in [9.17, 15) is 4.21 Å². The molecule has 3 rings (SSSR count). The van der Waals surface area contributed by atoms with Gasteiger partial charge in [0.25, 0.3) is 0 Å². The third-order valence-corrected chi connectivity index (χ3v) is 3.49. The van der Waals surface area contributed by atoms with Gasteiger partial charge in [0.1, 0.15) is 0 Å². The van der Waals surface area contributed by atoms with E-state index in [4.69, 9.17) is 0 Å². The molecule has 2 heterocycles. The molecule has 1 aliphatic heterocycles. The Labute approximate surface area is 83.7 Å². The van der Waals surface area contributed by atoms with Crippen molar-refractivity contribution in [2.75, 3.05) is 0 Å². The molecule has 68 valence electrons. The number of hydrogen-bond donors (Lipinski definition) is 0.